The molecule has 1 N–H and O–H groups in total. The van der Waals surface area contributed by atoms with Crippen LogP contribution in [0.15, 0.2) is 0 Å². The number of aliphatic hydroxyl groups is 1. The Labute approximate surface area is 64.2 Å². The first-order valence-corrected chi connectivity index (χ1v) is 3.57. The molecular formula is C7H13F3O. The van der Waals surface area contributed by atoms with Crippen LogP contribution in [-0.2, 0) is 0 Å². The van der Waals surface area contributed by atoms with Crippen molar-refractivity contribution in [1.82, 2.24) is 0 Å². The van der Waals surface area contributed by atoms with Crippen LogP contribution < -0.4 is 0 Å². The molecule has 0 bridgehead atoms. The van der Waals surface area contributed by atoms with Crippen molar-refractivity contribution >= 4 is 0 Å². The Morgan fingerprint density at radius 2 is 1.73 bits per heavy atom. The predicted octanol–water partition coefficient (Wildman–Crippen LogP) is 2.35. The summed E-state index contributed by atoms with van der Waals surface area (Å²) < 4.78 is 34.7. The van der Waals surface area contributed by atoms with Gasteiger partial charge in [-0.15, -0.1) is 0 Å². The van der Waals surface area contributed by atoms with Crippen molar-refractivity contribution in [2.75, 3.05) is 0 Å². The van der Waals surface area contributed by atoms with Gasteiger partial charge in [0.15, 0.2) is 0 Å². The van der Waals surface area contributed by atoms with Gasteiger partial charge >= 0.3 is 6.18 Å². The summed E-state index contributed by atoms with van der Waals surface area (Å²) in [6, 6.07) is 0. The zero-order valence-electron chi connectivity index (χ0n) is 6.65. The van der Waals surface area contributed by atoms with Crippen LogP contribution in [0.1, 0.15) is 26.7 Å². The highest BCUT2D eigenvalue weighted by molar-refractivity contribution is 4.62. The highest BCUT2D eigenvalue weighted by Crippen LogP contribution is 2.23. The molecular weight excluding hydrogens is 157 g/mol. The van der Waals surface area contributed by atoms with Crippen molar-refractivity contribution in [1.29, 1.82) is 0 Å². The molecule has 0 spiro atoms. The van der Waals surface area contributed by atoms with Gasteiger partial charge in [-0.25, -0.2) is 0 Å². The molecule has 1 atom stereocenters. The summed E-state index contributed by atoms with van der Waals surface area (Å²) in [6.45, 7) is 3.39. The van der Waals surface area contributed by atoms with E-state index in [4.69, 9.17) is 5.11 Å². The van der Waals surface area contributed by atoms with E-state index in [2.05, 4.69) is 0 Å². The van der Waals surface area contributed by atoms with Gasteiger partial charge in [0.1, 0.15) is 0 Å². The average Bonchev–Trinajstić information content (AvgIpc) is 1.80. The maximum absolute atomic E-state index is 11.6. The average molecular weight is 170 g/mol. The number of alkyl halides is 3. The van der Waals surface area contributed by atoms with Crippen molar-refractivity contribution < 1.29 is 18.3 Å². The summed E-state index contributed by atoms with van der Waals surface area (Å²) in [6.07, 6.45) is -6.07. The zero-order valence-corrected chi connectivity index (χ0v) is 6.65. The first kappa shape index (κ1) is 10.8. The third-order valence-corrected chi connectivity index (χ3v) is 1.49. The fraction of sp³-hybridized carbons (Fsp3) is 1.00. The van der Waals surface area contributed by atoms with Crippen LogP contribution in [0.3, 0.4) is 0 Å². The van der Waals surface area contributed by atoms with Gasteiger partial charge in [0.2, 0.25) is 0 Å². The molecule has 0 aromatic heterocycles. The van der Waals surface area contributed by atoms with Crippen LogP contribution in [0.5, 0.6) is 0 Å². The van der Waals surface area contributed by atoms with Crippen LogP contribution in [0.4, 0.5) is 13.2 Å². The molecule has 0 aliphatic rings. The van der Waals surface area contributed by atoms with E-state index in [0.29, 0.717) is 0 Å². The van der Waals surface area contributed by atoms with E-state index in [1.54, 1.807) is 13.8 Å². The second kappa shape index (κ2) is 3.95. The lowest BCUT2D eigenvalue weighted by molar-refractivity contribution is -0.141. The summed E-state index contributed by atoms with van der Waals surface area (Å²) in [4.78, 5) is 0. The summed E-state index contributed by atoms with van der Waals surface area (Å²) in [5.41, 5.74) is 0. The van der Waals surface area contributed by atoms with Gasteiger partial charge in [0.25, 0.3) is 0 Å². The molecule has 0 heterocycles. The topological polar surface area (TPSA) is 20.2 Å². The van der Waals surface area contributed by atoms with Gasteiger partial charge in [-0.2, -0.15) is 13.2 Å². The van der Waals surface area contributed by atoms with E-state index in [1.807, 2.05) is 0 Å². The van der Waals surface area contributed by atoms with E-state index in [-0.39, 0.29) is 12.3 Å². The minimum absolute atomic E-state index is 0.0997. The van der Waals surface area contributed by atoms with Gasteiger partial charge < -0.3 is 5.11 Å². The first-order chi connectivity index (χ1) is 4.83. The minimum atomic E-state index is -4.14. The molecule has 0 aliphatic heterocycles. The lowest BCUT2D eigenvalue weighted by atomic mass is 10.0. The Bertz CT molecular complexity index is 109. The third kappa shape index (κ3) is 6.16. The zero-order chi connectivity index (χ0) is 9.07. The quantitative estimate of drug-likeness (QED) is 0.689. The van der Waals surface area contributed by atoms with Gasteiger partial charge in [0.05, 0.1) is 6.10 Å². The molecule has 0 saturated heterocycles. The summed E-state index contributed by atoms with van der Waals surface area (Å²) in [7, 11) is 0. The smallest absolute Gasteiger partial charge is 0.389 e. The van der Waals surface area contributed by atoms with E-state index in [1.165, 1.54) is 0 Å². The summed E-state index contributed by atoms with van der Waals surface area (Å²) in [5.74, 6) is -0.0997. The van der Waals surface area contributed by atoms with Crippen molar-refractivity contribution in [3.05, 3.63) is 0 Å². The fourth-order valence-electron chi connectivity index (χ4n) is 0.645. The molecule has 1 nitrogen and oxygen atoms in total. The molecule has 0 aliphatic carbocycles. The van der Waals surface area contributed by atoms with E-state index in [0.717, 1.165) is 0 Å². The molecule has 11 heavy (non-hydrogen) atoms. The maximum atomic E-state index is 11.6. The Morgan fingerprint density at radius 3 is 2.00 bits per heavy atom. The lowest BCUT2D eigenvalue weighted by Crippen LogP contribution is -2.18. The Hall–Kier alpha value is -0.250. The maximum Gasteiger partial charge on any atom is 0.389 e. The molecule has 0 saturated carbocycles. The van der Waals surface area contributed by atoms with E-state index >= 15 is 0 Å². The van der Waals surface area contributed by atoms with Crippen LogP contribution in [0, 0.1) is 5.92 Å². The van der Waals surface area contributed by atoms with Crippen molar-refractivity contribution in [3.8, 4) is 0 Å². The molecule has 0 fully saturated rings. The number of aliphatic hydroxyl groups excluding tert-OH is 1. The molecule has 68 valence electrons. The standard InChI is InChI=1S/C7H13F3O/c1-5(2)6(11)3-4-7(8,9)10/h5-6,11H,3-4H2,1-2H3. The minimum Gasteiger partial charge on any atom is -0.393 e. The number of rotatable bonds is 3. The summed E-state index contributed by atoms with van der Waals surface area (Å²) >= 11 is 0. The van der Waals surface area contributed by atoms with Gasteiger partial charge in [-0.1, -0.05) is 13.8 Å². The Balaban J connectivity index is 3.54. The SMILES string of the molecule is CC(C)C(O)CCC(F)(F)F. The van der Waals surface area contributed by atoms with Gasteiger partial charge in [-0.3, -0.25) is 0 Å². The van der Waals surface area contributed by atoms with E-state index < -0.39 is 18.7 Å². The second-order valence-electron chi connectivity index (χ2n) is 2.97. The molecule has 0 amide bonds. The summed E-state index contributed by atoms with van der Waals surface area (Å²) in [5, 5.41) is 8.99. The predicted molar refractivity (Wildman–Crippen MR) is 36.1 cm³/mol. The van der Waals surface area contributed by atoms with Gasteiger partial charge in [-0.05, 0) is 12.3 Å². The van der Waals surface area contributed by atoms with Crippen LogP contribution in [0.25, 0.3) is 0 Å². The largest absolute Gasteiger partial charge is 0.393 e. The highest BCUT2D eigenvalue weighted by Gasteiger charge is 2.28. The molecule has 0 aromatic carbocycles. The Kier molecular flexibility index (Phi) is 3.86. The number of halogens is 3. The van der Waals surface area contributed by atoms with Crippen LogP contribution in [0.2, 0.25) is 0 Å². The normalized spacial score (nSPS) is 15.5. The third-order valence-electron chi connectivity index (χ3n) is 1.49. The van der Waals surface area contributed by atoms with Crippen LogP contribution in [-0.4, -0.2) is 17.4 Å². The van der Waals surface area contributed by atoms with Crippen molar-refractivity contribution in [3.63, 3.8) is 0 Å². The molecule has 1 unspecified atom stereocenters. The van der Waals surface area contributed by atoms with Crippen molar-refractivity contribution in [2.24, 2.45) is 5.92 Å². The molecule has 0 aromatic rings. The van der Waals surface area contributed by atoms with Crippen molar-refractivity contribution in [2.45, 2.75) is 39.0 Å². The Morgan fingerprint density at radius 1 is 1.27 bits per heavy atom. The number of hydrogen-bond acceptors (Lipinski definition) is 1. The van der Waals surface area contributed by atoms with Crippen LogP contribution >= 0.6 is 0 Å². The highest BCUT2D eigenvalue weighted by atomic mass is 19.4. The molecule has 4 heteroatoms. The van der Waals surface area contributed by atoms with E-state index in [9.17, 15) is 13.2 Å². The van der Waals surface area contributed by atoms with Gasteiger partial charge in [0, 0.05) is 6.42 Å². The fourth-order valence-corrected chi connectivity index (χ4v) is 0.645. The second-order valence-corrected chi connectivity index (χ2v) is 2.97. The molecule has 0 radical (unpaired) electrons. The lowest BCUT2D eigenvalue weighted by Gasteiger charge is -2.14. The monoisotopic (exact) mass is 170 g/mol. The number of hydrogen-bond donors (Lipinski definition) is 1. The molecule has 0 rings (SSSR count). The first-order valence-electron chi connectivity index (χ1n) is 3.57.